The standard InChI is InChI=1S/C13H26N2/c1-13(2)7-3-11(4-8-13)15-12-5-9-14-10-6-12/h11-12,14-15H,3-10H2,1-2H3. The molecular formula is C13H26N2. The summed E-state index contributed by atoms with van der Waals surface area (Å²) in [6.07, 6.45) is 8.21. The minimum Gasteiger partial charge on any atom is -0.317 e. The number of piperidine rings is 1. The fraction of sp³-hybridized carbons (Fsp3) is 1.00. The molecule has 2 fully saturated rings. The first-order valence-electron chi connectivity index (χ1n) is 6.62. The van der Waals surface area contributed by atoms with Gasteiger partial charge in [-0.05, 0) is 57.0 Å². The second-order valence-corrected chi connectivity index (χ2v) is 6.13. The quantitative estimate of drug-likeness (QED) is 0.731. The zero-order valence-corrected chi connectivity index (χ0v) is 10.3. The van der Waals surface area contributed by atoms with Crippen LogP contribution < -0.4 is 10.6 Å². The fourth-order valence-corrected chi connectivity index (χ4v) is 2.89. The molecule has 0 radical (unpaired) electrons. The molecule has 1 saturated heterocycles. The lowest BCUT2D eigenvalue weighted by Crippen LogP contribution is -2.46. The van der Waals surface area contributed by atoms with E-state index in [1.165, 1.54) is 51.6 Å². The van der Waals surface area contributed by atoms with Crippen molar-refractivity contribution < 1.29 is 0 Å². The van der Waals surface area contributed by atoms with Gasteiger partial charge in [-0.2, -0.15) is 0 Å². The molecule has 2 nitrogen and oxygen atoms in total. The number of hydrogen-bond donors (Lipinski definition) is 2. The van der Waals surface area contributed by atoms with Crippen LogP contribution >= 0.6 is 0 Å². The van der Waals surface area contributed by atoms with Gasteiger partial charge in [0.05, 0.1) is 0 Å². The minimum atomic E-state index is 0.603. The van der Waals surface area contributed by atoms with Crippen molar-refractivity contribution in [1.82, 2.24) is 10.6 Å². The second kappa shape index (κ2) is 4.84. The molecule has 1 heterocycles. The van der Waals surface area contributed by atoms with E-state index in [-0.39, 0.29) is 0 Å². The number of rotatable bonds is 2. The Balaban J connectivity index is 1.71. The van der Waals surface area contributed by atoms with Gasteiger partial charge in [0.2, 0.25) is 0 Å². The van der Waals surface area contributed by atoms with Gasteiger partial charge < -0.3 is 10.6 Å². The summed E-state index contributed by atoms with van der Waals surface area (Å²) in [4.78, 5) is 0. The van der Waals surface area contributed by atoms with Crippen LogP contribution in [0.4, 0.5) is 0 Å². The predicted octanol–water partition coefficient (Wildman–Crippen LogP) is 2.30. The second-order valence-electron chi connectivity index (χ2n) is 6.13. The smallest absolute Gasteiger partial charge is 0.00938 e. The Morgan fingerprint density at radius 1 is 0.933 bits per heavy atom. The van der Waals surface area contributed by atoms with Crippen LogP contribution in [-0.2, 0) is 0 Å². The lowest BCUT2D eigenvalue weighted by molar-refractivity contribution is 0.191. The topological polar surface area (TPSA) is 24.1 Å². The van der Waals surface area contributed by atoms with Crippen molar-refractivity contribution in [1.29, 1.82) is 0 Å². The molecule has 0 unspecified atom stereocenters. The van der Waals surface area contributed by atoms with E-state index in [2.05, 4.69) is 24.5 Å². The lowest BCUT2D eigenvalue weighted by Gasteiger charge is -2.37. The molecule has 1 saturated carbocycles. The Labute approximate surface area is 94.2 Å². The van der Waals surface area contributed by atoms with E-state index in [0.717, 1.165) is 12.1 Å². The highest BCUT2D eigenvalue weighted by Crippen LogP contribution is 2.35. The molecule has 0 aromatic carbocycles. The molecule has 0 aromatic rings. The Hall–Kier alpha value is -0.0800. The molecule has 88 valence electrons. The van der Waals surface area contributed by atoms with Crippen molar-refractivity contribution in [3.63, 3.8) is 0 Å². The molecule has 1 aliphatic carbocycles. The highest BCUT2D eigenvalue weighted by Gasteiger charge is 2.28. The molecule has 2 aliphatic rings. The van der Waals surface area contributed by atoms with Gasteiger partial charge in [0.1, 0.15) is 0 Å². The van der Waals surface area contributed by atoms with E-state index in [1.807, 2.05) is 0 Å². The summed E-state index contributed by atoms with van der Waals surface area (Å²) in [6, 6.07) is 1.60. The van der Waals surface area contributed by atoms with Crippen LogP contribution in [0.5, 0.6) is 0 Å². The third kappa shape index (κ3) is 3.46. The van der Waals surface area contributed by atoms with Crippen molar-refractivity contribution >= 4 is 0 Å². The lowest BCUT2D eigenvalue weighted by atomic mass is 9.75. The molecule has 0 bridgehead atoms. The zero-order valence-electron chi connectivity index (χ0n) is 10.3. The van der Waals surface area contributed by atoms with E-state index in [1.54, 1.807) is 0 Å². The maximum Gasteiger partial charge on any atom is 0.00938 e. The van der Waals surface area contributed by atoms with Crippen LogP contribution in [0, 0.1) is 5.41 Å². The molecular weight excluding hydrogens is 184 g/mol. The van der Waals surface area contributed by atoms with Gasteiger partial charge in [0.25, 0.3) is 0 Å². The van der Waals surface area contributed by atoms with Crippen LogP contribution in [-0.4, -0.2) is 25.2 Å². The van der Waals surface area contributed by atoms with Crippen molar-refractivity contribution in [3.05, 3.63) is 0 Å². The largest absolute Gasteiger partial charge is 0.317 e. The maximum absolute atomic E-state index is 3.86. The van der Waals surface area contributed by atoms with Crippen LogP contribution in [0.15, 0.2) is 0 Å². The first-order valence-corrected chi connectivity index (χ1v) is 6.62. The molecule has 0 atom stereocenters. The van der Waals surface area contributed by atoms with E-state index in [4.69, 9.17) is 0 Å². The zero-order chi connectivity index (χ0) is 10.7. The molecule has 0 aromatic heterocycles. The minimum absolute atomic E-state index is 0.603. The van der Waals surface area contributed by atoms with Gasteiger partial charge in [0, 0.05) is 12.1 Å². The van der Waals surface area contributed by atoms with Crippen LogP contribution in [0.2, 0.25) is 0 Å². The molecule has 2 rings (SSSR count). The summed E-state index contributed by atoms with van der Waals surface area (Å²) in [6.45, 7) is 7.23. The maximum atomic E-state index is 3.86. The van der Waals surface area contributed by atoms with Gasteiger partial charge in [-0.25, -0.2) is 0 Å². The Bertz CT molecular complexity index is 185. The predicted molar refractivity (Wildman–Crippen MR) is 65.1 cm³/mol. The van der Waals surface area contributed by atoms with E-state index in [9.17, 15) is 0 Å². The highest BCUT2D eigenvalue weighted by atomic mass is 15.0. The monoisotopic (exact) mass is 210 g/mol. The highest BCUT2D eigenvalue weighted by molar-refractivity contribution is 4.85. The van der Waals surface area contributed by atoms with Gasteiger partial charge in [0.15, 0.2) is 0 Å². The average Bonchev–Trinajstić information content (AvgIpc) is 2.23. The van der Waals surface area contributed by atoms with Crippen molar-refractivity contribution in [3.8, 4) is 0 Å². The summed E-state index contributed by atoms with van der Waals surface area (Å²) in [5.74, 6) is 0. The third-order valence-electron chi connectivity index (χ3n) is 4.15. The van der Waals surface area contributed by atoms with Gasteiger partial charge >= 0.3 is 0 Å². The summed E-state index contributed by atoms with van der Waals surface area (Å²) < 4.78 is 0. The van der Waals surface area contributed by atoms with E-state index in [0.29, 0.717) is 5.41 Å². The fourth-order valence-electron chi connectivity index (χ4n) is 2.89. The van der Waals surface area contributed by atoms with E-state index < -0.39 is 0 Å². The summed E-state index contributed by atoms with van der Waals surface area (Å²) in [5.41, 5.74) is 0.603. The normalized spacial score (nSPS) is 29.2. The van der Waals surface area contributed by atoms with Gasteiger partial charge in [-0.3, -0.25) is 0 Å². The Morgan fingerprint density at radius 2 is 1.47 bits per heavy atom. The number of hydrogen-bond acceptors (Lipinski definition) is 2. The van der Waals surface area contributed by atoms with Crippen molar-refractivity contribution in [2.75, 3.05) is 13.1 Å². The average molecular weight is 210 g/mol. The van der Waals surface area contributed by atoms with Crippen molar-refractivity contribution in [2.24, 2.45) is 5.41 Å². The molecule has 0 spiro atoms. The molecule has 1 aliphatic heterocycles. The third-order valence-corrected chi connectivity index (χ3v) is 4.15. The van der Waals surface area contributed by atoms with Crippen LogP contribution in [0.3, 0.4) is 0 Å². The molecule has 0 amide bonds. The number of nitrogens with one attached hydrogen (secondary N) is 2. The van der Waals surface area contributed by atoms with E-state index >= 15 is 0 Å². The Kier molecular flexibility index (Phi) is 3.68. The molecule has 2 N–H and O–H groups in total. The Morgan fingerprint density at radius 3 is 2.07 bits per heavy atom. The molecule has 15 heavy (non-hydrogen) atoms. The summed E-state index contributed by atoms with van der Waals surface area (Å²) in [7, 11) is 0. The summed E-state index contributed by atoms with van der Waals surface area (Å²) in [5, 5.41) is 7.28. The first kappa shape index (κ1) is 11.4. The van der Waals surface area contributed by atoms with Gasteiger partial charge in [-0.1, -0.05) is 13.8 Å². The SMILES string of the molecule is CC1(C)CCC(NC2CCNCC2)CC1. The van der Waals surface area contributed by atoms with Crippen molar-refractivity contribution in [2.45, 2.75) is 64.5 Å². The van der Waals surface area contributed by atoms with Gasteiger partial charge in [-0.15, -0.1) is 0 Å². The summed E-state index contributed by atoms with van der Waals surface area (Å²) >= 11 is 0. The van der Waals surface area contributed by atoms with Crippen LogP contribution in [0.1, 0.15) is 52.4 Å². The van der Waals surface area contributed by atoms with Crippen LogP contribution in [0.25, 0.3) is 0 Å². The first-order chi connectivity index (χ1) is 7.16. The molecule has 2 heteroatoms.